The van der Waals surface area contributed by atoms with Gasteiger partial charge < -0.3 is 15.5 Å². The van der Waals surface area contributed by atoms with Crippen molar-refractivity contribution in [2.24, 2.45) is 0 Å². The number of halogens is 1. The van der Waals surface area contributed by atoms with E-state index in [9.17, 15) is 9.18 Å². The van der Waals surface area contributed by atoms with Crippen LogP contribution >= 0.6 is 0 Å². The van der Waals surface area contributed by atoms with E-state index in [1.54, 1.807) is 24.4 Å². The number of anilines is 1. The van der Waals surface area contributed by atoms with Gasteiger partial charge in [-0.25, -0.2) is 4.39 Å². The summed E-state index contributed by atoms with van der Waals surface area (Å²) in [5, 5.41) is 14.0. The highest BCUT2D eigenvalue weighted by atomic mass is 19.1. The lowest BCUT2D eigenvalue weighted by atomic mass is 10.2. The van der Waals surface area contributed by atoms with E-state index in [0.717, 1.165) is 25.2 Å². The fourth-order valence-electron chi connectivity index (χ4n) is 3.05. The van der Waals surface area contributed by atoms with E-state index in [-0.39, 0.29) is 24.8 Å². The van der Waals surface area contributed by atoms with Gasteiger partial charge in [0.15, 0.2) is 5.82 Å². The first-order valence-corrected chi connectivity index (χ1v) is 8.49. The number of rotatable bonds is 7. The summed E-state index contributed by atoms with van der Waals surface area (Å²) < 4.78 is 13.5. The highest BCUT2D eigenvalue weighted by Gasteiger charge is 2.25. The van der Waals surface area contributed by atoms with Crippen LogP contribution in [0.25, 0.3) is 0 Å². The van der Waals surface area contributed by atoms with Crippen LogP contribution in [0.1, 0.15) is 18.4 Å². The van der Waals surface area contributed by atoms with Crippen molar-refractivity contribution in [3.05, 3.63) is 54.0 Å². The first kappa shape index (κ1) is 17.3. The third kappa shape index (κ3) is 4.73. The number of nitrogens with zero attached hydrogens (tertiary/aromatic N) is 3. The Morgan fingerprint density at radius 3 is 2.96 bits per heavy atom. The lowest BCUT2D eigenvalue weighted by Gasteiger charge is -2.25. The van der Waals surface area contributed by atoms with Crippen LogP contribution in [0.3, 0.4) is 0 Å². The number of amides is 1. The molecule has 0 unspecified atom stereocenters. The third-order valence-electron chi connectivity index (χ3n) is 4.33. The minimum Gasteiger partial charge on any atom is -0.351 e. The molecule has 0 saturated carbocycles. The Hall–Kier alpha value is -2.54. The molecule has 2 aromatic rings. The monoisotopic (exact) mass is 343 g/mol. The van der Waals surface area contributed by atoms with Gasteiger partial charge >= 0.3 is 0 Å². The number of carbonyl (C=O) groups is 1. The average molecular weight is 343 g/mol. The molecule has 6 nitrogen and oxygen atoms in total. The van der Waals surface area contributed by atoms with Crippen molar-refractivity contribution in [3.63, 3.8) is 0 Å². The Kier molecular flexibility index (Phi) is 5.90. The molecule has 1 aromatic heterocycles. The molecule has 1 aliphatic rings. The first-order chi connectivity index (χ1) is 12.2. The lowest BCUT2D eigenvalue weighted by molar-refractivity contribution is -0.120. The van der Waals surface area contributed by atoms with Crippen molar-refractivity contribution in [1.29, 1.82) is 0 Å². The van der Waals surface area contributed by atoms with Crippen molar-refractivity contribution in [3.8, 4) is 0 Å². The van der Waals surface area contributed by atoms with Gasteiger partial charge in [-0.1, -0.05) is 18.2 Å². The molecule has 1 aromatic carbocycles. The minimum absolute atomic E-state index is 0.146. The van der Waals surface area contributed by atoms with Gasteiger partial charge in [0.05, 0.1) is 6.54 Å². The Morgan fingerprint density at radius 2 is 2.16 bits per heavy atom. The van der Waals surface area contributed by atoms with Crippen LogP contribution in [0.4, 0.5) is 10.2 Å². The number of nitrogens with one attached hydrogen (secondary N) is 2. The number of carbonyl (C=O) groups excluding carboxylic acids is 1. The Morgan fingerprint density at radius 1 is 1.28 bits per heavy atom. The first-order valence-electron chi connectivity index (χ1n) is 8.49. The molecule has 0 spiro atoms. The summed E-state index contributed by atoms with van der Waals surface area (Å²) in [4.78, 5) is 14.1. The van der Waals surface area contributed by atoms with Crippen LogP contribution < -0.4 is 15.5 Å². The second kappa shape index (κ2) is 8.53. The Bertz CT molecular complexity index is 697. The predicted octanol–water partition coefficient (Wildman–Crippen LogP) is 1.49. The maximum atomic E-state index is 13.5. The number of aromatic nitrogens is 2. The van der Waals surface area contributed by atoms with Crippen molar-refractivity contribution < 1.29 is 9.18 Å². The molecule has 0 aliphatic carbocycles. The maximum Gasteiger partial charge on any atom is 0.234 e. The second-order valence-corrected chi connectivity index (χ2v) is 6.07. The van der Waals surface area contributed by atoms with Gasteiger partial charge in [0.1, 0.15) is 5.82 Å². The quantitative estimate of drug-likeness (QED) is 0.797. The van der Waals surface area contributed by atoms with E-state index < -0.39 is 0 Å². The third-order valence-corrected chi connectivity index (χ3v) is 4.33. The summed E-state index contributed by atoms with van der Waals surface area (Å²) >= 11 is 0. The highest BCUT2D eigenvalue weighted by Crippen LogP contribution is 2.22. The average Bonchev–Trinajstić information content (AvgIpc) is 3.10. The van der Waals surface area contributed by atoms with Gasteiger partial charge in [-0.3, -0.25) is 4.79 Å². The van der Waals surface area contributed by atoms with E-state index in [1.807, 2.05) is 12.1 Å². The van der Waals surface area contributed by atoms with Crippen molar-refractivity contribution in [1.82, 2.24) is 20.8 Å². The molecule has 1 fully saturated rings. The van der Waals surface area contributed by atoms with Crippen molar-refractivity contribution in [2.45, 2.75) is 25.4 Å². The van der Waals surface area contributed by atoms with Crippen LogP contribution in [0.5, 0.6) is 0 Å². The summed E-state index contributed by atoms with van der Waals surface area (Å²) in [6, 6.07) is 10.6. The fraction of sp³-hybridized carbons (Fsp3) is 0.389. The van der Waals surface area contributed by atoms with Crippen LogP contribution in [0.15, 0.2) is 42.6 Å². The zero-order valence-corrected chi connectivity index (χ0v) is 14.0. The molecule has 0 bridgehead atoms. The Balaban J connectivity index is 1.41. The SMILES string of the molecule is O=C(CNC[C@H]1CCCN1c1cccnn1)NCc1ccccc1F. The van der Waals surface area contributed by atoms with Gasteiger partial charge in [-0.15, -0.1) is 5.10 Å². The van der Waals surface area contributed by atoms with Crippen molar-refractivity contribution >= 4 is 11.7 Å². The van der Waals surface area contributed by atoms with Crippen molar-refractivity contribution in [2.75, 3.05) is 24.5 Å². The zero-order chi connectivity index (χ0) is 17.5. The minimum atomic E-state index is -0.304. The molecule has 2 heterocycles. The molecule has 132 valence electrons. The Labute approximate surface area is 146 Å². The topological polar surface area (TPSA) is 70.2 Å². The summed E-state index contributed by atoms with van der Waals surface area (Å²) in [5.74, 6) is 0.421. The maximum absolute atomic E-state index is 13.5. The van der Waals surface area contributed by atoms with Crippen LogP contribution in [0.2, 0.25) is 0 Å². The molecular weight excluding hydrogens is 321 g/mol. The normalized spacial score (nSPS) is 16.8. The molecule has 1 atom stereocenters. The molecule has 1 amide bonds. The van der Waals surface area contributed by atoms with E-state index in [1.165, 1.54) is 6.07 Å². The van der Waals surface area contributed by atoms with E-state index >= 15 is 0 Å². The van der Waals surface area contributed by atoms with Crippen LogP contribution in [-0.4, -0.2) is 41.8 Å². The molecule has 2 N–H and O–H groups in total. The summed E-state index contributed by atoms with van der Waals surface area (Å²) in [6.07, 6.45) is 3.82. The standard InChI is InChI=1S/C18H22FN5O/c19-16-7-2-1-5-14(16)11-21-18(25)13-20-12-15-6-4-10-24(15)17-8-3-9-22-23-17/h1-3,5,7-9,15,20H,4,6,10-13H2,(H,21,25)/t15-/m1/s1. The zero-order valence-electron chi connectivity index (χ0n) is 14.0. The van der Waals surface area contributed by atoms with Gasteiger partial charge in [0.2, 0.25) is 5.91 Å². The largest absolute Gasteiger partial charge is 0.351 e. The number of hydrogen-bond acceptors (Lipinski definition) is 5. The molecule has 3 rings (SSSR count). The van der Waals surface area contributed by atoms with E-state index in [4.69, 9.17) is 0 Å². The summed E-state index contributed by atoms with van der Waals surface area (Å²) in [7, 11) is 0. The van der Waals surface area contributed by atoms with Gasteiger partial charge in [0.25, 0.3) is 0 Å². The molecule has 7 heteroatoms. The summed E-state index contributed by atoms with van der Waals surface area (Å²) in [6.45, 7) is 2.05. The fourth-order valence-corrected chi connectivity index (χ4v) is 3.05. The van der Waals surface area contributed by atoms with Gasteiger partial charge in [0, 0.05) is 37.4 Å². The van der Waals surface area contributed by atoms with E-state index in [0.29, 0.717) is 18.2 Å². The smallest absolute Gasteiger partial charge is 0.234 e. The molecule has 25 heavy (non-hydrogen) atoms. The van der Waals surface area contributed by atoms with Gasteiger partial charge in [-0.2, -0.15) is 5.10 Å². The number of benzene rings is 1. The lowest BCUT2D eigenvalue weighted by Crippen LogP contribution is -2.42. The highest BCUT2D eigenvalue weighted by molar-refractivity contribution is 5.77. The molecule has 0 radical (unpaired) electrons. The predicted molar refractivity (Wildman–Crippen MR) is 93.5 cm³/mol. The van der Waals surface area contributed by atoms with Gasteiger partial charge in [-0.05, 0) is 31.0 Å². The second-order valence-electron chi connectivity index (χ2n) is 6.07. The molecular formula is C18H22FN5O. The summed E-state index contributed by atoms with van der Waals surface area (Å²) in [5.41, 5.74) is 0.487. The van der Waals surface area contributed by atoms with Crippen LogP contribution in [-0.2, 0) is 11.3 Å². The molecule has 1 saturated heterocycles. The van der Waals surface area contributed by atoms with Crippen LogP contribution in [0, 0.1) is 5.82 Å². The van der Waals surface area contributed by atoms with E-state index in [2.05, 4.69) is 25.7 Å². The number of hydrogen-bond donors (Lipinski definition) is 2. The molecule has 1 aliphatic heterocycles.